The molecule has 0 bridgehead atoms. The lowest BCUT2D eigenvalue weighted by molar-refractivity contribution is -0.131. The van der Waals surface area contributed by atoms with E-state index < -0.39 is 15.1 Å². The zero-order valence-electron chi connectivity index (χ0n) is 15.6. The molecule has 9 heteroatoms. The number of hydrogen-bond acceptors (Lipinski definition) is 7. The van der Waals surface area contributed by atoms with Crippen molar-refractivity contribution in [3.05, 3.63) is 29.8 Å². The van der Waals surface area contributed by atoms with E-state index in [9.17, 15) is 13.2 Å². The minimum Gasteiger partial charge on any atom is -0.411 e. The first-order chi connectivity index (χ1) is 12.8. The van der Waals surface area contributed by atoms with E-state index in [4.69, 9.17) is 4.42 Å². The fourth-order valence-electron chi connectivity index (χ4n) is 3.12. The molecule has 0 radical (unpaired) electrons. The van der Waals surface area contributed by atoms with Gasteiger partial charge < -0.3 is 9.32 Å². The highest BCUT2D eigenvalue weighted by Gasteiger charge is 2.35. The number of sulfone groups is 1. The van der Waals surface area contributed by atoms with Crippen LogP contribution in [0.4, 0.5) is 0 Å². The molecule has 1 aromatic heterocycles. The Kier molecular flexibility index (Phi) is 5.90. The van der Waals surface area contributed by atoms with Crippen molar-refractivity contribution in [1.29, 1.82) is 0 Å². The summed E-state index contributed by atoms with van der Waals surface area (Å²) in [6.07, 6.45) is 0.497. The fraction of sp³-hybridized carbons (Fsp3) is 0.500. The normalized spacial score (nSPS) is 19.7. The molecule has 146 valence electrons. The molecule has 0 N–H and O–H groups in total. The molecule has 0 saturated carbocycles. The first-order valence-electron chi connectivity index (χ1n) is 8.87. The molecule has 1 aliphatic rings. The summed E-state index contributed by atoms with van der Waals surface area (Å²) in [5.74, 6) is 0.486. The Balaban J connectivity index is 1.66. The molecule has 1 aromatic carbocycles. The second-order valence-corrected chi connectivity index (χ2v) is 10.2. The summed E-state index contributed by atoms with van der Waals surface area (Å²) in [7, 11) is -3.04. The molecule has 2 heterocycles. The summed E-state index contributed by atoms with van der Waals surface area (Å²) in [5, 5.41) is 7.95. The molecular formula is C18H23N3O4S2. The van der Waals surface area contributed by atoms with Crippen molar-refractivity contribution in [2.75, 3.05) is 18.1 Å². The van der Waals surface area contributed by atoms with E-state index in [0.717, 1.165) is 11.1 Å². The second kappa shape index (κ2) is 8.02. The number of amides is 1. The van der Waals surface area contributed by atoms with Crippen LogP contribution in [-0.2, 0) is 14.6 Å². The molecule has 0 unspecified atom stereocenters. The minimum atomic E-state index is -3.04. The van der Waals surface area contributed by atoms with Crippen LogP contribution < -0.4 is 0 Å². The van der Waals surface area contributed by atoms with E-state index >= 15 is 0 Å². The number of rotatable bonds is 6. The minimum absolute atomic E-state index is 0.0437. The number of thioether (sulfide) groups is 1. The maximum atomic E-state index is 12.8. The van der Waals surface area contributed by atoms with Crippen molar-refractivity contribution < 1.29 is 17.6 Å². The van der Waals surface area contributed by atoms with Gasteiger partial charge in [0.1, 0.15) is 0 Å². The smallest absolute Gasteiger partial charge is 0.277 e. The Labute approximate surface area is 163 Å². The average Bonchev–Trinajstić information content (AvgIpc) is 3.22. The Bertz CT molecular complexity index is 909. The van der Waals surface area contributed by atoms with Gasteiger partial charge in [0.05, 0.1) is 16.8 Å². The summed E-state index contributed by atoms with van der Waals surface area (Å²) in [5.41, 5.74) is 1.96. The first kappa shape index (κ1) is 19.9. The van der Waals surface area contributed by atoms with Crippen LogP contribution in [0.15, 0.2) is 33.9 Å². The van der Waals surface area contributed by atoms with Gasteiger partial charge in [-0.3, -0.25) is 4.79 Å². The van der Waals surface area contributed by atoms with Gasteiger partial charge in [0.2, 0.25) is 11.8 Å². The van der Waals surface area contributed by atoms with Gasteiger partial charge >= 0.3 is 0 Å². The van der Waals surface area contributed by atoms with Crippen molar-refractivity contribution in [2.24, 2.45) is 0 Å². The molecule has 1 saturated heterocycles. The second-order valence-electron chi connectivity index (χ2n) is 6.68. The Hall–Kier alpha value is -1.87. The van der Waals surface area contributed by atoms with Crippen molar-refractivity contribution in [3.8, 4) is 11.5 Å². The van der Waals surface area contributed by atoms with Gasteiger partial charge in [-0.15, -0.1) is 10.2 Å². The van der Waals surface area contributed by atoms with E-state index in [1.807, 2.05) is 38.1 Å². The highest BCUT2D eigenvalue weighted by Crippen LogP contribution is 2.28. The monoisotopic (exact) mass is 409 g/mol. The van der Waals surface area contributed by atoms with E-state index in [1.54, 1.807) is 11.8 Å². The number of hydrogen-bond donors (Lipinski definition) is 0. The predicted octanol–water partition coefficient (Wildman–Crippen LogP) is 2.56. The summed E-state index contributed by atoms with van der Waals surface area (Å²) in [6, 6.07) is 7.50. The molecule has 1 amide bonds. The van der Waals surface area contributed by atoms with Crippen LogP contribution in [0.5, 0.6) is 0 Å². The lowest BCUT2D eigenvalue weighted by Gasteiger charge is -2.28. The lowest BCUT2D eigenvalue weighted by Crippen LogP contribution is -2.44. The van der Waals surface area contributed by atoms with Gasteiger partial charge in [-0.05, 0) is 39.3 Å². The fourth-order valence-corrected chi connectivity index (χ4v) is 5.60. The number of aromatic nitrogens is 2. The van der Waals surface area contributed by atoms with Gasteiger partial charge in [-0.2, -0.15) is 0 Å². The largest absolute Gasteiger partial charge is 0.411 e. The van der Waals surface area contributed by atoms with Crippen LogP contribution in [0.2, 0.25) is 0 Å². The summed E-state index contributed by atoms with van der Waals surface area (Å²) >= 11 is 1.19. The highest BCUT2D eigenvalue weighted by molar-refractivity contribution is 8.00. The summed E-state index contributed by atoms with van der Waals surface area (Å²) < 4.78 is 29.1. The molecule has 1 fully saturated rings. The molecule has 27 heavy (non-hydrogen) atoms. The van der Waals surface area contributed by atoms with Crippen molar-refractivity contribution >= 4 is 27.5 Å². The van der Waals surface area contributed by atoms with E-state index in [2.05, 4.69) is 10.2 Å². The van der Waals surface area contributed by atoms with Crippen LogP contribution in [0.1, 0.15) is 25.8 Å². The maximum absolute atomic E-state index is 12.8. The van der Waals surface area contributed by atoms with Gasteiger partial charge in [0, 0.05) is 18.2 Å². The van der Waals surface area contributed by atoms with E-state index in [1.165, 1.54) is 11.8 Å². The zero-order valence-corrected chi connectivity index (χ0v) is 17.2. The number of carbonyl (C=O) groups excluding carboxylic acids is 1. The highest BCUT2D eigenvalue weighted by atomic mass is 32.2. The molecule has 7 nitrogen and oxygen atoms in total. The van der Waals surface area contributed by atoms with Crippen LogP contribution in [0.25, 0.3) is 11.5 Å². The van der Waals surface area contributed by atoms with Crippen molar-refractivity contribution in [3.63, 3.8) is 0 Å². The third-order valence-electron chi connectivity index (χ3n) is 4.60. The third-order valence-corrected chi connectivity index (χ3v) is 7.28. The molecule has 2 aromatic rings. The van der Waals surface area contributed by atoms with Crippen LogP contribution in [0.3, 0.4) is 0 Å². The summed E-state index contributed by atoms with van der Waals surface area (Å²) in [4.78, 5) is 14.5. The lowest BCUT2D eigenvalue weighted by atomic mass is 10.1. The maximum Gasteiger partial charge on any atom is 0.277 e. The van der Waals surface area contributed by atoms with E-state index in [-0.39, 0.29) is 23.5 Å². The SMILES string of the molecule is CCN(C(=O)[C@@H](C)Sc1nnc(-c2ccc(C)cc2)o1)[C@@H]1CCS(=O)(=O)C1. The van der Waals surface area contributed by atoms with Gasteiger partial charge in [0.25, 0.3) is 5.22 Å². The molecular weight excluding hydrogens is 386 g/mol. The summed E-state index contributed by atoms with van der Waals surface area (Å²) in [6.45, 7) is 6.11. The Morgan fingerprint density at radius 1 is 1.33 bits per heavy atom. The predicted molar refractivity (Wildman–Crippen MR) is 104 cm³/mol. The zero-order chi connectivity index (χ0) is 19.6. The topological polar surface area (TPSA) is 93.4 Å². The number of nitrogens with zero attached hydrogens (tertiary/aromatic N) is 3. The number of benzene rings is 1. The first-order valence-corrected chi connectivity index (χ1v) is 11.6. The quantitative estimate of drug-likeness (QED) is 0.677. The van der Waals surface area contributed by atoms with Crippen LogP contribution >= 0.6 is 11.8 Å². The van der Waals surface area contributed by atoms with E-state index in [0.29, 0.717) is 24.1 Å². The Morgan fingerprint density at radius 2 is 2.04 bits per heavy atom. The standard InChI is InChI=1S/C18H23N3O4S2/c1-4-21(15-9-10-27(23,24)11-15)17(22)13(3)26-18-20-19-16(25-18)14-7-5-12(2)6-8-14/h5-8,13,15H,4,9-11H2,1-3H3/t13-,15-/m1/s1. The molecule has 0 spiro atoms. The molecule has 0 aliphatic carbocycles. The third kappa shape index (κ3) is 4.70. The molecule has 3 rings (SSSR count). The van der Waals surface area contributed by atoms with Gasteiger partial charge in [0.15, 0.2) is 9.84 Å². The molecule has 2 atom stereocenters. The molecule has 1 aliphatic heterocycles. The number of aryl methyl sites for hydroxylation is 1. The number of carbonyl (C=O) groups is 1. The van der Waals surface area contributed by atoms with Crippen LogP contribution in [0, 0.1) is 6.92 Å². The van der Waals surface area contributed by atoms with Crippen molar-refractivity contribution in [1.82, 2.24) is 15.1 Å². The van der Waals surface area contributed by atoms with Crippen molar-refractivity contribution in [2.45, 2.75) is 43.7 Å². The van der Waals surface area contributed by atoms with Gasteiger partial charge in [-0.25, -0.2) is 8.42 Å². The van der Waals surface area contributed by atoms with Gasteiger partial charge in [-0.1, -0.05) is 29.5 Å². The Morgan fingerprint density at radius 3 is 2.63 bits per heavy atom. The van der Waals surface area contributed by atoms with Crippen LogP contribution in [-0.4, -0.2) is 58.8 Å². The average molecular weight is 410 g/mol.